The Hall–Kier alpha value is -1.93. The summed E-state index contributed by atoms with van der Waals surface area (Å²) >= 11 is 1.60. The second-order valence-electron chi connectivity index (χ2n) is 5.80. The number of hydrogen-bond donors (Lipinski definition) is 2. The Bertz CT molecular complexity index is 729. The summed E-state index contributed by atoms with van der Waals surface area (Å²) in [6.45, 7) is 1.66. The van der Waals surface area contributed by atoms with Gasteiger partial charge in [0.05, 0.1) is 5.69 Å². The summed E-state index contributed by atoms with van der Waals surface area (Å²) in [6, 6.07) is 4.46. The van der Waals surface area contributed by atoms with Gasteiger partial charge in [-0.2, -0.15) is 0 Å². The first kappa shape index (κ1) is 16.9. The van der Waals surface area contributed by atoms with Gasteiger partial charge >= 0.3 is 0 Å². The molecule has 2 aromatic rings. The van der Waals surface area contributed by atoms with Crippen molar-refractivity contribution in [2.45, 2.75) is 49.3 Å². The number of thioether (sulfide) groups is 1. The third-order valence-electron chi connectivity index (χ3n) is 4.00. The predicted molar refractivity (Wildman–Crippen MR) is 89.3 cm³/mol. The van der Waals surface area contributed by atoms with E-state index in [9.17, 15) is 9.60 Å². The standard InChI is InChI=1S/C16H19FN4O2S/c1-10-9-11(7-8-13(10)17)18-15(19-22)14-16(21-23-20-14)24-12-5-3-2-4-6-12/h7-9,12,22H,2-6H2,1H3,(H,18,19). The molecule has 1 aliphatic rings. The van der Waals surface area contributed by atoms with Gasteiger partial charge in [0.2, 0.25) is 0 Å². The maximum absolute atomic E-state index is 13.4. The van der Waals surface area contributed by atoms with Crippen LogP contribution in [-0.4, -0.2) is 26.6 Å². The van der Waals surface area contributed by atoms with E-state index in [4.69, 9.17) is 4.63 Å². The fourth-order valence-electron chi connectivity index (χ4n) is 2.70. The smallest absolute Gasteiger partial charge is 0.186 e. The minimum Gasteiger partial charge on any atom is -0.290 e. The first-order valence-corrected chi connectivity index (χ1v) is 8.80. The number of nitrogens with zero attached hydrogens (tertiary/aromatic N) is 3. The van der Waals surface area contributed by atoms with Crippen molar-refractivity contribution in [1.29, 1.82) is 0 Å². The van der Waals surface area contributed by atoms with Crippen LogP contribution in [0.5, 0.6) is 0 Å². The van der Waals surface area contributed by atoms with E-state index >= 15 is 0 Å². The van der Waals surface area contributed by atoms with Crippen LogP contribution >= 0.6 is 11.8 Å². The first-order valence-electron chi connectivity index (χ1n) is 7.92. The highest BCUT2D eigenvalue weighted by molar-refractivity contribution is 7.99. The molecule has 0 aliphatic heterocycles. The molecule has 0 saturated heterocycles. The van der Waals surface area contributed by atoms with Crippen LogP contribution in [0.4, 0.5) is 10.1 Å². The predicted octanol–water partition coefficient (Wildman–Crippen LogP) is 4.00. The Labute approximate surface area is 143 Å². The summed E-state index contributed by atoms with van der Waals surface area (Å²) in [5.74, 6) is -0.176. The lowest BCUT2D eigenvalue weighted by atomic mass is 10.0. The Morgan fingerprint density at radius 2 is 2.12 bits per heavy atom. The quantitative estimate of drug-likeness (QED) is 0.493. The molecule has 0 spiro atoms. The van der Waals surface area contributed by atoms with Crippen LogP contribution in [-0.2, 0) is 0 Å². The van der Waals surface area contributed by atoms with Gasteiger partial charge in [0.25, 0.3) is 0 Å². The van der Waals surface area contributed by atoms with Crippen LogP contribution in [0.3, 0.4) is 0 Å². The summed E-state index contributed by atoms with van der Waals surface area (Å²) in [4.78, 5) is 4.29. The molecule has 128 valence electrons. The van der Waals surface area contributed by atoms with Gasteiger partial charge in [-0.25, -0.2) is 14.0 Å². The number of halogens is 1. The Morgan fingerprint density at radius 1 is 1.33 bits per heavy atom. The van der Waals surface area contributed by atoms with E-state index in [1.54, 1.807) is 24.8 Å². The second-order valence-corrected chi connectivity index (χ2v) is 7.09. The normalized spacial score (nSPS) is 16.4. The molecular weight excluding hydrogens is 331 g/mol. The number of amidine groups is 1. The van der Waals surface area contributed by atoms with E-state index in [1.807, 2.05) is 5.48 Å². The SMILES string of the molecule is Cc1cc(N=C(NO)c2nonc2SC2CCCCC2)ccc1F. The van der Waals surface area contributed by atoms with E-state index < -0.39 is 0 Å². The molecule has 1 aliphatic carbocycles. The van der Waals surface area contributed by atoms with Crippen LogP contribution in [0.15, 0.2) is 32.8 Å². The van der Waals surface area contributed by atoms with Crippen molar-refractivity contribution >= 4 is 23.3 Å². The Morgan fingerprint density at radius 3 is 2.83 bits per heavy atom. The van der Waals surface area contributed by atoms with E-state index in [0.29, 0.717) is 27.2 Å². The average Bonchev–Trinajstić information content (AvgIpc) is 3.05. The molecule has 0 bridgehead atoms. The fraction of sp³-hybridized carbons (Fsp3) is 0.438. The van der Waals surface area contributed by atoms with Crippen molar-refractivity contribution in [3.8, 4) is 0 Å². The van der Waals surface area contributed by atoms with Gasteiger partial charge in [-0.15, -0.1) is 0 Å². The number of aliphatic imine (C=N–C) groups is 1. The van der Waals surface area contributed by atoms with Crippen LogP contribution < -0.4 is 5.48 Å². The topological polar surface area (TPSA) is 83.5 Å². The number of nitrogens with one attached hydrogen (secondary N) is 1. The number of hydrogen-bond acceptors (Lipinski definition) is 6. The summed E-state index contributed by atoms with van der Waals surface area (Å²) in [6.07, 6.45) is 5.97. The van der Waals surface area contributed by atoms with E-state index in [0.717, 1.165) is 12.8 Å². The van der Waals surface area contributed by atoms with Gasteiger partial charge in [0, 0.05) is 5.25 Å². The summed E-state index contributed by atoms with van der Waals surface area (Å²) in [7, 11) is 0. The van der Waals surface area contributed by atoms with Gasteiger partial charge in [0.15, 0.2) is 16.6 Å². The first-order chi connectivity index (χ1) is 11.7. The molecular formula is C16H19FN4O2S. The molecule has 1 saturated carbocycles. The lowest BCUT2D eigenvalue weighted by Crippen LogP contribution is -2.21. The van der Waals surface area contributed by atoms with Crippen LogP contribution in [0.25, 0.3) is 0 Å². The minimum atomic E-state index is -0.302. The summed E-state index contributed by atoms with van der Waals surface area (Å²) in [5, 5.41) is 18.3. The van der Waals surface area contributed by atoms with Gasteiger partial charge in [-0.05, 0) is 53.8 Å². The molecule has 3 rings (SSSR count). The third kappa shape index (κ3) is 3.93. The lowest BCUT2D eigenvalue weighted by molar-refractivity contribution is 0.234. The van der Waals surface area contributed by atoms with Crippen LogP contribution in [0, 0.1) is 12.7 Å². The third-order valence-corrected chi connectivity index (χ3v) is 5.30. The minimum absolute atomic E-state index is 0.126. The molecule has 0 atom stereocenters. The zero-order valence-electron chi connectivity index (χ0n) is 13.3. The molecule has 1 aromatic heterocycles. The van der Waals surface area contributed by atoms with Crippen molar-refractivity contribution in [3.63, 3.8) is 0 Å². The number of benzene rings is 1. The van der Waals surface area contributed by atoms with Crippen LogP contribution in [0.1, 0.15) is 43.4 Å². The highest BCUT2D eigenvalue weighted by Crippen LogP contribution is 2.34. The number of aromatic nitrogens is 2. The van der Waals surface area contributed by atoms with Crippen LogP contribution in [0.2, 0.25) is 0 Å². The lowest BCUT2D eigenvalue weighted by Gasteiger charge is -2.19. The highest BCUT2D eigenvalue weighted by atomic mass is 32.2. The Kier molecular flexibility index (Phi) is 5.47. The van der Waals surface area contributed by atoms with E-state index in [2.05, 4.69) is 15.3 Å². The van der Waals surface area contributed by atoms with Gasteiger partial charge in [-0.3, -0.25) is 10.7 Å². The summed E-state index contributed by atoms with van der Waals surface area (Å²) in [5.41, 5.74) is 3.38. The molecule has 1 fully saturated rings. The van der Waals surface area contributed by atoms with E-state index in [1.165, 1.54) is 31.4 Å². The van der Waals surface area contributed by atoms with Crippen molar-refractivity contribution in [3.05, 3.63) is 35.3 Å². The molecule has 0 radical (unpaired) electrons. The van der Waals surface area contributed by atoms with Gasteiger partial charge in [-0.1, -0.05) is 31.0 Å². The van der Waals surface area contributed by atoms with Crippen molar-refractivity contribution in [1.82, 2.24) is 15.8 Å². The highest BCUT2D eigenvalue weighted by Gasteiger charge is 2.22. The maximum atomic E-state index is 13.4. The van der Waals surface area contributed by atoms with Crippen molar-refractivity contribution in [2.75, 3.05) is 0 Å². The number of aryl methyl sites for hydroxylation is 1. The second kappa shape index (κ2) is 7.76. The molecule has 0 amide bonds. The molecule has 1 aromatic carbocycles. The monoisotopic (exact) mass is 350 g/mol. The number of hydroxylamine groups is 1. The van der Waals surface area contributed by atoms with Crippen molar-refractivity contribution < 1.29 is 14.2 Å². The van der Waals surface area contributed by atoms with Gasteiger partial charge in [0.1, 0.15) is 5.82 Å². The van der Waals surface area contributed by atoms with Gasteiger partial charge < -0.3 is 0 Å². The zero-order valence-corrected chi connectivity index (χ0v) is 14.1. The average molecular weight is 350 g/mol. The van der Waals surface area contributed by atoms with E-state index in [-0.39, 0.29) is 11.7 Å². The molecule has 8 heteroatoms. The summed E-state index contributed by atoms with van der Waals surface area (Å²) < 4.78 is 18.2. The Balaban J connectivity index is 1.84. The fourth-order valence-corrected chi connectivity index (χ4v) is 3.91. The van der Waals surface area contributed by atoms with Crippen molar-refractivity contribution in [2.24, 2.45) is 4.99 Å². The zero-order chi connectivity index (χ0) is 16.9. The molecule has 1 heterocycles. The largest absolute Gasteiger partial charge is 0.290 e. The molecule has 0 unspecified atom stereocenters. The maximum Gasteiger partial charge on any atom is 0.186 e. The molecule has 6 nitrogen and oxygen atoms in total. The number of rotatable bonds is 4. The molecule has 24 heavy (non-hydrogen) atoms. The molecule has 2 N–H and O–H groups in total.